The molecule has 1 atom stereocenters. The molecular formula is C22H24N2O. The molecule has 0 fully saturated rings. The van der Waals surface area contributed by atoms with Gasteiger partial charge < -0.3 is 5.32 Å². The molecule has 128 valence electrons. The smallest absolute Gasteiger partial charge is 0.237 e. The standard InChI is InChI=1S/C22H24N2O/c1-17(22(25)23-15-18-8-4-3-5-9-18)24(2)16-19-12-13-20-10-6-7-11-21(20)14-19/h3-14,17H,15-16H2,1-2H3,(H,23,25)/t17-/m0/s1. The van der Waals surface area contributed by atoms with E-state index in [9.17, 15) is 4.79 Å². The van der Waals surface area contributed by atoms with Crippen LogP contribution in [-0.4, -0.2) is 23.9 Å². The minimum atomic E-state index is -0.185. The van der Waals surface area contributed by atoms with Crippen LogP contribution in [0.15, 0.2) is 72.8 Å². The number of fused-ring (bicyclic) bond motifs is 1. The molecule has 1 amide bonds. The summed E-state index contributed by atoms with van der Waals surface area (Å²) in [6.45, 7) is 3.25. The van der Waals surface area contributed by atoms with Gasteiger partial charge in [0, 0.05) is 13.1 Å². The lowest BCUT2D eigenvalue weighted by Crippen LogP contribution is -2.42. The van der Waals surface area contributed by atoms with Gasteiger partial charge in [0.2, 0.25) is 5.91 Å². The van der Waals surface area contributed by atoms with E-state index >= 15 is 0 Å². The highest BCUT2D eigenvalue weighted by molar-refractivity contribution is 5.83. The van der Waals surface area contributed by atoms with Crippen LogP contribution in [-0.2, 0) is 17.9 Å². The molecule has 0 radical (unpaired) electrons. The topological polar surface area (TPSA) is 32.3 Å². The zero-order valence-corrected chi connectivity index (χ0v) is 14.8. The van der Waals surface area contributed by atoms with Crippen molar-refractivity contribution >= 4 is 16.7 Å². The molecule has 3 heteroatoms. The third-order valence-electron chi connectivity index (χ3n) is 4.60. The Balaban J connectivity index is 1.59. The van der Waals surface area contributed by atoms with Gasteiger partial charge in [0.25, 0.3) is 0 Å². The third-order valence-corrected chi connectivity index (χ3v) is 4.60. The number of carbonyl (C=O) groups excluding carboxylic acids is 1. The van der Waals surface area contributed by atoms with Gasteiger partial charge >= 0.3 is 0 Å². The lowest BCUT2D eigenvalue weighted by Gasteiger charge is -2.24. The molecule has 25 heavy (non-hydrogen) atoms. The number of benzene rings is 3. The van der Waals surface area contributed by atoms with E-state index in [1.165, 1.54) is 16.3 Å². The Kier molecular flexibility index (Phi) is 5.46. The molecule has 0 aliphatic heterocycles. The third kappa shape index (κ3) is 4.46. The first kappa shape index (κ1) is 17.2. The summed E-state index contributed by atoms with van der Waals surface area (Å²) in [5.74, 6) is 0.0483. The molecule has 3 aromatic rings. The van der Waals surface area contributed by atoms with Gasteiger partial charge in [-0.15, -0.1) is 0 Å². The Labute approximate surface area is 149 Å². The van der Waals surface area contributed by atoms with Gasteiger partial charge in [-0.25, -0.2) is 0 Å². The molecule has 0 aliphatic rings. The number of hydrogen-bond donors (Lipinski definition) is 1. The highest BCUT2D eigenvalue weighted by Crippen LogP contribution is 2.17. The molecule has 0 spiro atoms. The molecule has 0 unspecified atom stereocenters. The Hall–Kier alpha value is -2.65. The SMILES string of the molecule is C[C@@H](C(=O)NCc1ccccc1)N(C)Cc1ccc2ccccc2c1. The molecule has 0 aromatic heterocycles. The van der Waals surface area contributed by atoms with E-state index in [1.807, 2.05) is 50.4 Å². The number of nitrogens with one attached hydrogen (secondary N) is 1. The summed E-state index contributed by atoms with van der Waals surface area (Å²) >= 11 is 0. The normalized spacial score (nSPS) is 12.3. The first-order chi connectivity index (χ1) is 12.1. The summed E-state index contributed by atoms with van der Waals surface area (Å²) in [7, 11) is 1.99. The summed E-state index contributed by atoms with van der Waals surface area (Å²) < 4.78 is 0. The lowest BCUT2D eigenvalue weighted by atomic mass is 10.1. The summed E-state index contributed by atoms with van der Waals surface area (Å²) in [4.78, 5) is 14.5. The van der Waals surface area contributed by atoms with Crippen molar-refractivity contribution in [1.29, 1.82) is 0 Å². The molecule has 3 aromatic carbocycles. The van der Waals surface area contributed by atoms with E-state index in [0.717, 1.165) is 12.1 Å². The number of hydrogen-bond acceptors (Lipinski definition) is 2. The minimum absolute atomic E-state index is 0.0483. The van der Waals surface area contributed by atoms with Gasteiger partial charge in [0.15, 0.2) is 0 Å². The lowest BCUT2D eigenvalue weighted by molar-refractivity contribution is -0.125. The van der Waals surface area contributed by atoms with Gasteiger partial charge in [-0.05, 0) is 41.9 Å². The van der Waals surface area contributed by atoms with Crippen LogP contribution in [0.5, 0.6) is 0 Å². The Morgan fingerprint density at radius 3 is 2.36 bits per heavy atom. The van der Waals surface area contributed by atoms with Gasteiger partial charge in [-0.2, -0.15) is 0 Å². The highest BCUT2D eigenvalue weighted by Gasteiger charge is 2.17. The van der Waals surface area contributed by atoms with Crippen molar-refractivity contribution in [3.05, 3.63) is 83.9 Å². The van der Waals surface area contributed by atoms with Crippen molar-refractivity contribution in [3.8, 4) is 0 Å². The van der Waals surface area contributed by atoms with Gasteiger partial charge in [0.05, 0.1) is 6.04 Å². The molecule has 0 saturated carbocycles. The Bertz CT molecular complexity index is 845. The maximum atomic E-state index is 12.4. The van der Waals surface area contributed by atoms with Gasteiger partial charge in [-0.1, -0.05) is 66.7 Å². The van der Waals surface area contributed by atoms with Crippen molar-refractivity contribution in [2.75, 3.05) is 7.05 Å². The molecule has 3 nitrogen and oxygen atoms in total. The maximum Gasteiger partial charge on any atom is 0.237 e. The Morgan fingerprint density at radius 1 is 0.920 bits per heavy atom. The quantitative estimate of drug-likeness (QED) is 0.740. The molecule has 0 saturated heterocycles. The second-order valence-electron chi connectivity index (χ2n) is 6.48. The zero-order valence-electron chi connectivity index (χ0n) is 14.8. The van der Waals surface area contributed by atoms with Crippen LogP contribution < -0.4 is 5.32 Å². The van der Waals surface area contributed by atoms with Crippen molar-refractivity contribution in [2.45, 2.75) is 26.1 Å². The van der Waals surface area contributed by atoms with E-state index in [1.54, 1.807) is 0 Å². The van der Waals surface area contributed by atoms with Gasteiger partial charge in [-0.3, -0.25) is 9.69 Å². The monoisotopic (exact) mass is 332 g/mol. The van der Waals surface area contributed by atoms with Crippen LogP contribution in [0.4, 0.5) is 0 Å². The summed E-state index contributed by atoms with van der Waals surface area (Å²) in [5, 5.41) is 5.48. The highest BCUT2D eigenvalue weighted by atomic mass is 16.2. The van der Waals surface area contributed by atoms with Crippen molar-refractivity contribution in [2.24, 2.45) is 0 Å². The van der Waals surface area contributed by atoms with Gasteiger partial charge in [0.1, 0.15) is 0 Å². The average molecular weight is 332 g/mol. The van der Waals surface area contributed by atoms with Crippen LogP contribution in [0.2, 0.25) is 0 Å². The molecule has 0 aliphatic carbocycles. The predicted molar refractivity (Wildman–Crippen MR) is 103 cm³/mol. The molecule has 3 rings (SSSR count). The number of likely N-dealkylation sites (N-methyl/N-ethyl adjacent to an activating group) is 1. The predicted octanol–water partition coefficient (Wildman–Crippen LogP) is 3.98. The summed E-state index contributed by atoms with van der Waals surface area (Å²) in [6.07, 6.45) is 0. The fraction of sp³-hybridized carbons (Fsp3) is 0.227. The molecule has 0 bridgehead atoms. The van der Waals surface area contributed by atoms with E-state index in [2.05, 4.69) is 46.6 Å². The Morgan fingerprint density at radius 2 is 1.60 bits per heavy atom. The zero-order chi connectivity index (χ0) is 17.6. The van der Waals surface area contributed by atoms with Crippen LogP contribution in [0.25, 0.3) is 10.8 Å². The second kappa shape index (κ2) is 7.95. The second-order valence-corrected chi connectivity index (χ2v) is 6.48. The van der Waals surface area contributed by atoms with Crippen LogP contribution in [0.1, 0.15) is 18.1 Å². The van der Waals surface area contributed by atoms with Crippen molar-refractivity contribution in [1.82, 2.24) is 10.2 Å². The van der Waals surface area contributed by atoms with E-state index in [0.29, 0.717) is 6.54 Å². The molecule has 0 heterocycles. The minimum Gasteiger partial charge on any atom is -0.351 e. The first-order valence-electron chi connectivity index (χ1n) is 8.63. The largest absolute Gasteiger partial charge is 0.351 e. The van der Waals surface area contributed by atoms with Crippen LogP contribution >= 0.6 is 0 Å². The van der Waals surface area contributed by atoms with E-state index in [4.69, 9.17) is 0 Å². The van der Waals surface area contributed by atoms with Crippen LogP contribution in [0.3, 0.4) is 0 Å². The van der Waals surface area contributed by atoms with Crippen LogP contribution in [0, 0.1) is 0 Å². The number of nitrogens with zero attached hydrogens (tertiary/aromatic N) is 1. The maximum absolute atomic E-state index is 12.4. The fourth-order valence-electron chi connectivity index (χ4n) is 2.89. The van der Waals surface area contributed by atoms with Crippen molar-refractivity contribution < 1.29 is 4.79 Å². The van der Waals surface area contributed by atoms with E-state index < -0.39 is 0 Å². The summed E-state index contributed by atoms with van der Waals surface area (Å²) in [6, 6.07) is 24.6. The first-order valence-corrected chi connectivity index (χ1v) is 8.63. The van der Waals surface area contributed by atoms with E-state index in [-0.39, 0.29) is 11.9 Å². The average Bonchev–Trinajstić information content (AvgIpc) is 2.66. The number of rotatable bonds is 6. The molecular weight excluding hydrogens is 308 g/mol. The molecule has 1 N–H and O–H groups in total. The number of carbonyl (C=O) groups is 1. The fourth-order valence-corrected chi connectivity index (χ4v) is 2.89. The summed E-state index contributed by atoms with van der Waals surface area (Å²) in [5.41, 5.74) is 2.32. The van der Waals surface area contributed by atoms with Crippen molar-refractivity contribution in [3.63, 3.8) is 0 Å². The number of amides is 1.